The molecular weight excluding hydrogens is 176 g/mol. The minimum absolute atomic E-state index is 0.156. The van der Waals surface area contributed by atoms with Gasteiger partial charge < -0.3 is 0 Å². The lowest BCUT2D eigenvalue weighted by atomic mass is 9.97. The zero-order chi connectivity index (χ0) is 10.7. The summed E-state index contributed by atoms with van der Waals surface area (Å²) < 4.78 is 0. The van der Waals surface area contributed by atoms with Crippen molar-refractivity contribution in [3.63, 3.8) is 0 Å². The maximum absolute atomic E-state index is 11.1. The van der Waals surface area contributed by atoms with Gasteiger partial charge in [-0.15, -0.1) is 0 Å². The molecule has 0 unspecified atom stereocenters. The highest BCUT2D eigenvalue weighted by atomic mass is 16.2. The predicted octanol–water partition coefficient (Wildman–Crippen LogP) is 1.14. The highest BCUT2D eigenvalue weighted by molar-refractivity contribution is 5.78. The smallest absolute Gasteiger partial charge is 0.238 e. The van der Waals surface area contributed by atoms with Crippen molar-refractivity contribution in [2.45, 2.75) is 27.2 Å². The number of hydrazine groups is 1. The SMILES string of the molecule is Cc1ccc(CC(=O)NN)c(C)c1C. The number of nitrogens with one attached hydrogen (secondary N) is 1. The second kappa shape index (κ2) is 4.24. The summed E-state index contributed by atoms with van der Waals surface area (Å²) in [5, 5.41) is 0. The van der Waals surface area contributed by atoms with Crippen molar-refractivity contribution in [3.05, 3.63) is 34.4 Å². The largest absolute Gasteiger partial charge is 0.294 e. The number of carbonyl (C=O) groups is 1. The Morgan fingerprint density at radius 1 is 1.29 bits per heavy atom. The second-order valence-electron chi connectivity index (χ2n) is 3.54. The first-order chi connectivity index (χ1) is 6.56. The van der Waals surface area contributed by atoms with E-state index in [0.717, 1.165) is 5.56 Å². The van der Waals surface area contributed by atoms with Gasteiger partial charge in [0.25, 0.3) is 0 Å². The Bertz CT molecular complexity index is 359. The molecule has 14 heavy (non-hydrogen) atoms. The van der Waals surface area contributed by atoms with Crippen LogP contribution in [-0.2, 0) is 11.2 Å². The molecule has 3 heteroatoms. The molecule has 0 heterocycles. The number of rotatable bonds is 2. The molecule has 1 aromatic carbocycles. The zero-order valence-corrected chi connectivity index (χ0v) is 8.85. The average molecular weight is 192 g/mol. The van der Waals surface area contributed by atoms with E-state index in [1.54, 1.807) is 0 Å². The van der Waals surface area contributed by atoms with E-state index < -0.39 is 0 Å². The molecule has 1 rings (SSSR count). The fraction of sp³-hybridized carbons (Fsp3) is 0.364. The molecule has 0 bridgehead atoms. The maximum Gasteiger partial charge on any atom is 0.238 e. The van der Waals surface area contributed by atoms with Crippen molar-refractivity contribution >= 4 is 5.91 Å². The van der Waals surface area contributed by atoms with Gasteiger partial charge in [-0.1, -0.05) is 12.1 Å². The number of benzene rings is 1. The summed E-state index contributed by atoms with van der Waals surface area (Å²) >= 11 is 0. The molecule has 0 aliphatic rings. The third-order valence-electron chi connectivity index (χ3n) is 2.68. The Morgan fingerprint density at radius 2 is 1.93 bits per heavy atom. The summed E-state index contributed by atoms with van der Waals surface area (Å²) in [6.07, 6.45) is 0.351. The van der Waals surface area contributed by atoms with Crippen LogP contribution in [0.1, 0.15) is 22.3 Å². The molecule has 0 aliphatic heterocycles. The van der Waals surface area contributed by atoms with Gasteiger partial charge >= 0.3 is 0 Å². The molecule has 0 fully saturated rings. The van der Waals surface area contributed by atoms with E-state index in [1.165, 1.54) is 16.7 Å². The predicted molar refractivity (Wildman–Crippen MR) is 56.7 cm³/mol. The van der Waals surface area contributed by atoms with E-state index in [9.17, 15) is 4.79 Å². The third-order valence-corrected chi connectivity index (χ3v) is 2.68. The Labute approximate surface area is 84.3 Å². The lowest BCUT2D eigenvalue weighted by Gasteiger charge is -2.10. The molecule has 0 atom stereocenters. The topological polar surface area (TPSA) is 55.1 Å². The highest BCUT2D eigenvalue weighted by Gasteiger charge is 2.07. The van der Waals surface area contributed by atoms with Crippen LogP contribution >= 0.6 is 0 Å². The van der Waals surface area contributed by atoms with E-state index in [-0.39, 0.29) is 5.91 Å². The number of amides is 1. The van der Waals surface area contributed by atoms with Crippen molar-refractivity contribution in [2.24, 2.45) is 5.84 Å². The summed E-state index contributed by atoms with van der Waals surface area (Å²) in [5.41, 5.74) is 6.84. The van der Waals surface area contributed by atoms with E-state index in [0.29, 0.717) is 6.42 Å². The van der Waals surface area contributed by atoms with Gasteiger partial charge in [-0.05, 0) is 43.0 Å². The van der Waals surface area contributed by atoms with Crippen molar-refractivity contribution in [3.8, 4) is 0 Å². The van der Waals surface area contributed by atoms with Crippen LogP contribution in [0, 0.1) is 20.8 Å². The van der Waals surface area contributed by atoms with Crippen LogP contribution in [0.15, 0.2) is 12.1 Å². The maximum atomic E-state index is 11.1. The molecule has 0 saturated carbocycles. The van der Waals surface area contributed by atoms with E-state index in [1.807, 2.05) is 19.1 Å². The van der Waals surface area contributed by atoms with Crippen LogP contribution < -0.4 is 11.3 Å². The Morgan fingerprint density at radius 3 is 2.50 bits per heavy atom. The average Bonchev–Trinajstić information content (AvgIpc) is 2.19. The molecule has 0 aliphatic carbocycles. The number of aryl methyl sites for hydroxylation is 1. The van der Waals surface area contributed by atoms with Crippen LogP contribution in [0.4, 0.5) is 0 Å². The fourth-order valence-corrected chi connectivity index (χ4v) is 1.43. The Hall–Kier alpha value is -1.35. The first-order valence-electron chi connectivity index (χ1n) is 4.61. The number of nitrogens with two attached hydrogens (primary N) is 1. The standard InChI is InChI=1S/C11H16N2O/c1-7-4-5-10(6-11(14)13-12)9(3)8(7)2/h4-5H,6,12H2,1-3H3,(H,13,14). The molecule has 3 nitrogen and oxygen atoms in total. The van der Waals surface area contributed by atoms with Gasteiger partial charge in [-0.2, -0.15) is 0 Å². The molecule has 3 N–H and O–H groups in total. The van der Waals surface area contributed by atoms with Crippen LogP contribution in [-0.4, -0.2) is 5.91 Å². The molecule has 0 radical (unpaired) electrons. The fourth-order valence-electron chi connectivity index (χ4n) is 1.43. The van der Waals surface area contributed by atoms with E-state index in [2.05, 4.69) is 19.3 Å². The molecule has 1 amide bonds. The van der Waals surface area contributed by atoms with Gasteiger partial charge in [-0.25, -0.2) is 5.84 Å². The first-order valence-corrected chi connectivity index (χ1v) is 4.61. The number of hydrogen-bond acceptors (Lipinski definition) is 2. The summed E-state index contributed by atoms with van der Waals surface area (Å²) in [4.78, 5) is 11.1. The minimum atomic E-state index is -0.156. The summed E-state index contributed by atoms with van der Waals surface area (Å²) in [5.74, 6) is 4.88. The lowest BCUT2D eigenvalue weighted by Crippen LogP contribution is -2.31. The normalized spacial score (nSPS) is 10.0. The Balaban J connectivity index is 3.00. The number of carbonyl (C=O) groups excluding carboxylic acids is 1. The first kappa shape index (κ1) is 10.7. The van der Waals surface area contributed by atoms with Gasteiger partial charge in [0.1, 0.15) is 0 Å². The molecule has 0 spiro atoms. The summed E-state index contributed by atoms with van der Waals surface area (Å²) in [6.45, 7) is 6.16. The number of hydrogen-bond donors (Lipinski definition) is 2. The van der Waals surface area contributed by atoms with Crippen LogP contribution in [0.5, 0.6) is 0 Å². The van der Waals surface area contributed by atoms with Gasteiger partial charge in [0.05, 0.1) is 6.42 Å². The highest BCUT2D eigenvalue weighted by Crippen LogP contribution is 2.17. The minimum Gasteiger partial charge on any atom is -0.294 e. The molecule has 0 saturated heterocycles. The van der Waals surface area contributed by atoms with Crippen molar-refractivity contribution in [1.82, 2.24) is 5.43 Å². The molecule has 1 aromatic rings. The van der Waals surface area contributed by atoms with Crippen molar-refractivity contribution in [2.75, 3.05) is 0 Å². The van der Waals surface area contributed by atoms with Crippen molar-refractivity contribution in [1.29, 1.82) is 0 Å². The second-order valence-corrected chi connectivity index (χ2v) is 3.54. The molecule has 0 aromatic heterocycles. The third kappa shape index (κ3) is 2.12. The van der Waals surface area contributed by atoms with Gasteiger partial charge in [0, 0.05) is 0 Å². The van der Waals surface area contributed by atoms with Crippen LogP contribution in [0.3, 0.4) is 0 Å². The van der Waals surface area contributed by atoms with E-state index >= 15 is 0 Å². The monoisotopic (exact) mass is 192 g/mol. The van der Waals surface area contributed by atoms with Gasteiger partial charge in [0.2, 0.25) is 5.91 Å². The lowest BCUT2D eigenvalue weighted by molar-refractivity contribution is -0.120. The van der Waals surface area contributed by atoms with E-state index in [4.69, 9.17) is 5.84 Å². The summed E-state index contributed by atoms with van der Waals surface area (Å²) in [6, 6.07) is 4.01. The zero-order valence-electron chi connectivity index (χ0n) is 8.85. The van der Waals surface area contributed by atoms with Crippen LogP contribution in [0.2, 0.25) is 0 Å². The Kier molecular flexibility index (Phi) is 3.25. The molecular formula is C11H16N2O. The molecule has 76 valence electrons. The quantitative estimate of drug-likeness (QED) is 0.419. The van der Waals surface area contributed by atoms with Gasteiger partial charge in [-0.3, -0.25) is 10.2 Å². The summed E-state index contributed by atoms with van der Waals surface area (Å²) in [7, 11) is 0. The van der Waals surface area contributed by atoms with Crippen molar-refractivity contribution < 1.29 is 4.79 Å². The van der Waals surface area contributed by atoms with Crippen LogP contribution in [0.25, 0.3) is 0 Å². The van der Waals surface area contributed by atoms with Gasteiger partial charge in [0.15, 0.2) is 0 Å².